The zero-order valence-corrected chi connectivity index (χ0v) is 10.1. The van der Waals surface area contributed by atoms with E-state index in [1.807, 2.05) is 7.05 Å². The van der Waals surface area contributed by atoms with Crippen LogP contribution in [0.15, 0.2) is 29.2 Å². The number of hydrogen-bond donors (Lipinski definition) is 1. The first-order valence-corrected chi connectivity index (χ1v) is 6.75. The molecule has 2 rings (SSSR count). The Morgan fingerprint density at radius 2 is 2.25 bits per heavy atom. The molecule has 1 saturated carbocycles. The molecule has 1 aliphatic rings. The predicted molar refractivity (Wildman–Crippen MR) is 63.3 cm³/mol. The van der Waals surface area contributed by atoms with Gasteiger partial charge in [0.05, 0.1) is 10.8 Å². The molecule has 0 radical (unpaired) electrons. The highest BCUT2D eigenvalue weighted by Gasteiger charge is 2.28. The van der Waals surface area contributed by atoms with Crippen LogP contribution in [0.3, 0.4) is 0 Å². The second kappa shape index (κ2) is 5.06. The van der Waals surface area contributed by atoms with Gasteiger partial charge < -0.3 is 5.32 Å². The van der Waals surface area contributed by atoms with E-state index in [2.05, 4.69) is 5.32 Å². The maximum atomic E-state index is 13.0. The average Bonchev–Trinajstić information content (AvgIpc) is 2.76. The van der Waals surface area contributed by atoms with Crippen molar-refractivity contribution < 1.29 is 8.60 Å². The summed E-state index contributed by atoms with van der Waals surface area (Å²) in [5, 5.41) is 3.37. The SMILES string of the molecule is CNC1CCC(S(=O)c2cccc(F)c2)C1. The Kier molecular flexibility index (Phi) is 3.71. The lowest BCUT2D eigenvalue weighted by Crippen LogP contribution is -2.23. The van der Waals surface area contributed by atoms with E-state index in [-0.39, 0.29) is 11.1 Å². The van der Waals surface area contributed by atoms with Crippen LogP contribution in [-0.2, 0) is 10.8 Å². The van der Waals surface area contributed by atoms with Crippen molar-refractivity contribution in [2.45, 2.75) is 35.4 Å². The minimum absolute atomic E-state index is 0.166. The predicted octanol–water partition coefficient (Wildman–Crippen LogP) is 2.07. The third-order valence-corrected chi connectivity index (χ3v) is 4.88. The summed E-state index contributed by atoms with van der Waals surface area (Å²) in [6, 6.07) is 6.58. The largest absolute Gasteiger partial charge is 0.317 e. The number of nitrogens with one attached hydrogen (secondary N) is 1. The van der Waals surface area contributed by atoms with Gasteiger partial charge in [0.2, 0.25) is 0 Å². The fourth-order valence-corrected chi connectivity index (χ4v) is 3.76. The molecule has 0 amide bonds. The quantitative estimate of drug-likeness (QED) is 0.877. The van der Waals surface area contributed by atoms with Crippen molar-refractivity contribution in [2.24, 2.45) is 0 Å². The van der Waals surface area contributed by atoms with Crippen LogP contribution in [0.5, 0.6) is 0 Å². The summed E-state index contributed by atoms with van der Waals surface area (Å²) in [5.74, 6) is -0.311. The summed E-state index contributed by atoms with van der Waals surface area (Å²) in [6.07, 6.45) is 2.93. The molecule has 1 aromatic rings. The highest BCUT2D eigenvalue weighted by molar-refractivity contribution is 7.85. The summed E-state index contributed by atoms with van der Waals surface area (Å²) in [6.45, 7) is 0. The third kappa shape index (κ3) is 2.50. The van der Waals surface area contributed by atoms with Gasteiger partial charge in [-0.2, -0.15) is 0 Å². The Hall–Kier alpha value is -0.740. The number of benzene rings is 1. The molecular weight excluding hydrogens is 225 g/mol. The van der Waals surface area contributed by atoms with Crippen molar-refractivity contribution >= 4 is 10.8 Å². The first-order valence-electron chi connectivity index (χ1n) is 5.54. The van der Waals surface area contributed by atoms with Crippen LogP contribution in [0, 0.1) is 5.82 Å². The molecule has 16 heavy (non-hydrogen) atoms. The Morgan fingerprint density at radius 3 is 2.88 bits per heavy atom. The second-order valence-electron chi connectivity index (χ2n) is 4.18. The van der Waals surface area contributed by atoms with Crippen molar-refractivity contribution in [3.05, 3.63) is 30.1 Å². The van der Waals surface area contributed by atoms with Crippen LogP contribution in [-0.4, -0.2) is 22.5 Å². The van der Waals surface area contributed by atoms with Crippen molar-refractivity contribution in [1.29, 1.82) is 0 Å². The lowest BCUT2D eigenvalue weighted by Gasteiger charge is -2.10. The maximum absolute atomic E-state index is 13.0. The summed E-state index contributed by atoms with van der Waals surface area (Å²) in [7, 11) is 0.857. The molecule has 3 atom stereocenters. The molecule has 0 bridgehead atoms. The highest BCUT2D eigenvalue weighted by Crippen LogP contribution is 2.27. The van der Waals surface area contributed by atoms with Crippen molar-refractivity contribution in [3.63, 3.8) is 0 Å². The summed E-state index contributed by atoms with van der Waals surface area (Å²) in [5.41, 5.74) is 0. The van der Waals surface area contributed by atoms with E-state index in [1.54, 1.807) is 12.1 Å². The fraction of sp³-hybridized carbons (Fsp3) is 0.500. The zero-order valence-electron chi connectivity index (χ0n) is 9.28. The third-order valence-electron chi connectivity index (χ3n) is 3.12. The minimum Gasteiger partial charge on any atom is -0.317 e. The molecule has 1 N–H and O–H groups in total. The first-order chi connectivity index (χ1) is 7.70. The Balaban J connectivity index is 2.08. The molecule has 0 saturated heterocycles. The highest BCUT2D eigenvalue weighted by atomic mass is 32.2. The maximum Gasteiger partial charge on any atom is 0.124 e. The molecule has 2 nitrogen and oxygen atoms in total. The Morgan fingerprint density at radius 1 is 1.44 bits per heavy atom. The molecule has 1 aromatic carbocycles. The summed E-state index contributed by atoms with van der Waals surface area (Å²) >= 11 is 0. The van der Waals surface area contributed by atoms with E-state index in [0.29, 0.717) is 10.9 Å². The van der Waals surface area contributed by atoms with Crippen LogP contribution < -0.4 is 5.32 Å². The van der Waals surface area contributed by atoms with Gasteiger partial charge in [-0.05, 0) is 44.5 Å². The van der Waals surface area contributed by atoms with Gasteiger partial charge in [-0.3, -0.25) is 4.21 Å². The molecule has 0 spiro atoms. The zero-order chi connectivity index (χ0) is 11.5. The van der Waals surface area contributed by atoms with Crippen LogP contribution in [0.4, 0.5) is 4.39 Å². The average molecular weight is 241 g/mol. The molecule has 88 valence electrons. The summed E-state index contributed by atoms with van der Waals surface area (Å²) in [4.78, 5) is 0.613. The van der Waals surface area contributed by atoms with Gasteiger partial charge in [0, 0.05) is 16.2 Å². The van der Waals surface area contributed by atoms with E-state index < -0.39 is 10.8 Å². The topological polar surface area (TPSA) is 29.1 Å². The van der Waals surface area contributed by atoms with Crippen molar-refractivity contribution in [3.8, 4) is 0 Å². The van der Waals surface area contributed by atoms with Crippen LogP contribution in [0.25, 0.3) is 0 Å². The lowest BCUT2D eigenvalue weighted by molar-refractivity contribution is 0.581. The van der Waals surface area contributed by atoms with Gasteiger partial charge in [-0.25, -0.2) is 4.39 Å². The van der Waals surface area contributed by atoms with Crippen LogP contribution in [0.1, 0.15) is 19.3 Å². The van der Waals surface area contributed by atoms with E-state index in [4.69, 9.17) is 0 Å². The Labute approximate surface area is 97.7 Å². The van der Waals surface area contributed by atoms with E-state index in [1.165, 1.54) is 12.1 Å². The molecule has 1 aliphatic carbocycles. The number of hydrogen-bond acceptors (Lipinski definition) is 2. The Bertz CT molecular complexity index is 396. The molecule has 4 heteroatoms. The van der Waals surface area contributed by atoms with Crippen molar-refractivity contribution in [1.82, 2.24) is 5.32 Å². The monoisotopic (exact) mass is 241 g/mol. The van der Waals surface area contributed by atoms with Gasteiger partial charge >= 0.3 is 0 Å². The van der Waals surface area contributed by atoms with E-state index in [9.17, 15) is 8.60 Å². The molecular formula is C12H16FNOS. The van der Waals surface area contributed by atoms with Crippen LogP contribution in [0.2, 0.25) is 0 Å². The standard InChI is InChI=1S/C12H16FNOS/c1-14-10-5-6-12(8-10)16(15)11-4-2-3-9(13)7-11/h2-4,7,10,12,14H,5-6,8H2,1H3. The normalized spacial score (nSPS) is 26.9. The fourth-order valence-electron chi connectivity index (χ4n) is 2.18. The second-order valence-corrected chi connectivity index (χ2v) is 5.91. The molecule has 0 aliphatic heterocycles. The molecule has 0 heterocycles. The number of rotatable bonds is 3. The van der Waals surface area contributed by atoms with Gasteiger partial charge in [-0.15, -0.1) is 0 Å². The van der Waals surface area contributed by atoms with Gasteiger partial charge in [0.25, 0.3) is 0 Å². The minimum atomic E-state index is -1.07. The van der Waals surface area contributed by atoms with E-state index in [0.717, 1.165) is 19.3 Å². The molecule has 3 unspecified atom stereocenters. The first kappa shape index (κ1) is 11.7. The molecule has 1 fully saturated rings. The van der Waals surface area contributed by atoms with Crippen LogP contribution >= 0.6 is 0 Å². The van der Waals surface area contributed by atoms with Gasteiger partial charge in [0.15, 0.2) is 0 Å². The van der Waals surface area contributed by atoms with Gasteiger partial charge in [0.1, 0.15) is 5.82 Å². The summed E-state index contributed by atoms with van der Waals surface area (Å²) < 4.78 is 25.2. The number of halogens is 1. The smallest absolute Gasteiger partial charge is 0.124 e. The molecule has 0 aromatic heterocycles. The lowest BCUT2D eigenvalue weighted by atomic mass is 10.3. The van der Waals surface area contributed by atoms with Gasteiger partial charge in [-0.1, -0.05) is 6.07 Å². The van der Waals surface area contributed by atoms with E-state index >= 15 is 0 Å². The van der Waals surface area contributed by atoms with Crippen molar-refractivity contribution in [2.75, 3.05) is 7.05 Å².